The number of carboxylic acid groups (broad SMARTS) is 1. The lowest BCUT2D eigenvalue weighted by Crippen LogP contribution is -2.44. The van der Waals surface area contributed by atoms with Gasteiger partial charge in [0, 0.05) is 37.4 Å². The Labute approximate surface area is 172 Å². The van der Waals surface area contributed by atoms with E-state index in [-0.39, 0.29) is 24.4 Å². The van der Waals surface area contributed by atoms with Gasteiger partial charge >= 0.3 is 12.1 Å². The number of piperidine rings is 1. The van der Waals surface area contributed by atoms with E-state index in [1.54, 1.807) is 29.2 Å². The first-order chi connectivity index (χ1) is 13.6. The molecule has 0 bridgehead atoms. The van der Waals surface area contributed by atoms with Gasteiger partial charge in [-0.15, -0.1) is 0 Å². The van der Waals surface area contributed by atoms with Crippen LogP contribution >= 0.6 is 0 Å². The summed E-state index contributed by atoms with van der Waals surface area (Å²) < 4.78 is 11.4. The zero-order valence-corrected chi connectivity index (χ0v) is 17.6. The summed E-state index contributed by atoms with van der Waals surface area (Å²) in [5.41, 5.74) is -0.0181. The van der Waals surface area contributed by atoms with Crippen LogP contribution in [0.15, 0.2) is 24.3 Å². The van der Waals surface area contributed by atoms with E-state index < -0.39 is 17.5 Å². The number of carbonyl (C=O) groups excluding carboxylic acids is 2. The zero-order valence-electron chi connectivity index (χ0n) is 17.6. The van der Waals surface area contributed by atoms with Gasteiger partial charge in [-0.05, 0) is 51.5 Å². The predicted octanol–water partition coefficient (Wildman–Crippen LogP) is 4.15. The maximum absolute atomic E-state index is 12.5. The van der Waals surface area contributed by atoms with Crippen molar-refractivity contribution in [2.45, 2.75) is 65.1 Å². The first-order valence-corrected chi connectivity index (χ1v) is 10.1. The predicted molar refractivity (Wildman–Crippen MR) is 108 cm³/mol. The second-order valence-corrected chi connectivity index (χ2v) is 8.38. The minimum atomic E-state index is -0.970. The van der Waals surface area contributed by atoms with Crippen LogP contribution in [0.1, 0.15) is 63.7 Å². The van der Waals surface area contributed by atoms with Gasteiger partial charge in [-0.1, -0.05) is 6.92 Å². The molecule has 1 aromatic rings. The summed E-state index contributed by atoms with van der Waals surface area (Å²) in [7, 11) is 0. The van der Waals surface area contributed by atoms with Gasteiger partial charge in [0.1, 0.15) is 17.5 Å². The highest BCUT2D eigenvalue weighted by Crippen LogP contribution is 2.23. The average molecular weight is 405 g/mol. The number of ether oxygens (including phenoxy) is 2. The van der Waals surface area contributed by atoms with Crippen molar-refractivity contribution in [2.75, 3.05) is 13.1 Å². The number of amides is 1. The Morgan fingerprint density at radius 2 is 1.72 bits per heavy atom. The van der Waals surface area contributed by atoms with Gasteiger partial charge in [-0.25, -0.2) is 4.79 Å². The van der Waals surface area contributed by atoms with Gasteiger partial charge in [0.2, 0.25) is 0 Å². The third-order valence-corrected chi connectivity index (χ3v) is 4.82. The zero-order chi connectivity index (χ0) is 21.6. The van der Waals surface area contributed by atoms with Crippen LogP contribution in [0.4, 0.5) is 4.79 Å². The number of benzene rings is 1. The number of carbonyl (C=O) groups is 3. The Morgan fingerprint density at radius 3 is 2.21 bits per heavy atom. The quantitative estimate of drug-likeness (QED) is 0.685. The van der Waals surface area contributed by atoms with Crippen LogP contribution in [0, 0.1) is 5.92 Å². The minimum Gasteiger partial charge on any atom is -0.490 e. The van der Waals surface area contributed by atoms with E-state index in [1.165, 1.54) is 0 Å². The molecular formula is C22H31NO6. The molecule has 0 aliphatic carbocycles. The van der Waals surface area contributed by atoms with Gasteiger partial charge in [-0.3, -0.25) is 9.59 Å². The summed E-state index contributed by atoms with van der Waals surface area (Å²) >= 11 is 0. The van der Waals surface area contributed by atoms with E-state index in [0.29, 0.717) is 43.7 Å². The van der Waals surface area contributed by atoms with Crippen molar-refractivity contribution in [1.82, 2.24) is 4.90 Å². The van der Waals surface area contributed by atoms with Crippen molar-refractivity contribution >= 4 is 17.8 Å². The molecule has 160 valence electrons. The van der Waals surface area contributed by atoms with Crippen molar-refractivity contribution in [2.24, 2.45) is 5.92 Å². The normalized spacial score (nSPS) is 16.2. The first-order valence-electron chi connectivity index (χ1n) is 10.1. The highest BCUT2D eigenvalue weighted by molar-refractivity contribution is 5.99. The van der Waals surface area contributed by atoms with Gasteiger partial charge < -0.3 is 19.5 Å². The molecular weight excluding hydrogens is 374 g/mol. The standard InChI is InChI=1S/C22H31NO6/c1-5-15(14-19(24)25)20(26)16-6-8-17(9-7-16)28-18-10-12-23(13-11-18)21(27)29-22(2,3)4/h6-9,15,18H,5,10-14H2,1-4H3,(H,24,25). The molecule has 1 unspecified atom stereocenters. The number of hydrogen-bond donors (Lipinski definition) is 1. The molecule has 1 atom stereocenters. The molecule has 1 aromatic carbocycles. The number of ketones is 1. The Bertz CT molecular complexity index is 714. The van der Waals surface area contributed by atoms with Gasteiger partial charge in [0.05, 0.1) is 6.42 Å². The molecule has 1 aliphatic heterocycles. The number of rotatable bonds is 7. The average Bonchev–Trinajstić information content (AvgIpc) is 2.65. The Morgan fingerprint density at radius 1 is 1.14 bits per heavy atom. The van der Waals surface area contributed by atoms with E-state index in [0.717, 1.165) is 0 Å². The van der Waals surface area contributed by atoms with Crippen LogP contribution in [0.2, 0.25) is 0 Å². The maximum atomic E-state index is 12.5. The fourth-order valence-corrected chi connectivity index (χ4v) is 3.24. The lowest BCUT2D eigenvalue weighted by Gasteiger charge is -2.33. The minimum absolute atomic E-state index is 0.00867. The number of nitrogens with zero attached hydrogens (tertiary/aromatic N) is 1. The van der Waals surface area contributed by atoms with Crippen molar-refractivity contribution in [1.29, 1.82) is 0 Å². The maximum Gasteiger partial charge on any atom is 0.410 e. The third kappa shape index (κ3) is 7.07. The van der Waals surface area contributed by atoms with Gasteiger partial charge in [0.25, 0.3) is 0 Å². The topological polar surface area (TPSA) is 93.1 Å². The molecule has 2 rings (SSSR count). The fourth-order valence-electron chi connectivity index (χ4n) is 3.24. The van der Waals surface area contributed by atoms with Crippen molar-refractivity contribution < 1.29 is 29.0 Å². The van der Waals surface area contributed by atoms with E-state index >= 15 is 0 Å². The number of Topliss-reactive ketones (excluding diaryl/α,β-unsaturated/α-hetero) is 1. The molecule has 0 radical (unpaired) electrons. The van der Waals surface area contributed by atoms with Gasteiger partial charge in [-0.2, -0.15) is 0 Å². The summed E-state index contributed by atoms with van der Waals surface area (Å²) in [4.78, 5) is 37.2. The van der Waals surface area contributed by atoms with E-state index in [4.69, 9.17) is 14.6 Å². The number of carboxylic acids is 1. The number of aliphatic carboxylic acids is 1. The highest BCUT2D eigenvalue weighted by atomic mass is 16.6. The second kappa shape index (κ2) is 9.76. The molecule has 0 aromatic heterocycles. The smallest absolute Gasteiger partial charge is 0.410 e. The van der Waals surface area contributed by atoms with Crippen LogP contribution in [0.25, 0.3) is 0 Å². The second-order valence-electron chi connectivity index (χ2n) is 8.38. The van der Waals surface area contributed by atoms with Crippen LogP contribution < -0.4 is 4.74 Å². The van der Waals surface area contributed by atoms with Crippen LogP contribution in [-0.4, -0.2) is 52.6 Å². The SMILES string of the molecule is CCC(CC(=O)O)C(=O)c1ccc(OC2CCN(C(=O)OC(C)(C)C)CC2)cc1. The van der Waals surface area contributed by atoms with Crippen molar-refractivity contribution in [3.8, 4) is 5.75 Å². The number of hydrogen-bond acceptors (Lipinski definition) is 5. The van der Waals surface area contributed by atoms with E-state index in [1.807, 2.05) is 27.7 Å². The van der Waals surface area contributed by atoms with Crippen LogP contribution in [0.5, 0.6) is 5.75 Å². The van der Waals surface area contributed by atoms with Gasteiger partial charge in [0.15, 0.2) is 5.78 Å². The van der Waals surface area contributed by atoms with Crippen molar-refractivity contribution in [3.63, 3.8) is 0 Å². The Kier molecular flexibility index (Phi) is 7.65. The Hall–Kier alpha value is -2.57. The molecule has 7 heteroatoms. The van der Waals surface area contributed by atoms with Crippen LogP contribution in [-0.2, 0) is 9.53 Å². The van der Waals surface area contributed by atoms with Crippen LogP contribution in [0.3, 0.4) is 0 Å². The largest absolute Gasteiger partial charge is 0.490 e. The third-order valence-electron chi connectivity index (χ3n) is 4.82. The monoisotopic (exact) mass is 405 g/mol. The van der Waals surface area contributed by atoms with E-state index in [9.17, 15) is 14.4 Å². The molecule has 1 amide bonds. The highest BCUT2D eigenvalue weighted by Gasteiger charge is 2.28. The van der Waals surface area contributed by atoms with Crippen molar-refractivity contribution in [3.05, 3.63) is 29.8 Å². The first kappa shape index (κ1) is 22.7. The fraction of sp³-hybridized carbons (Fsp3) is 0.591. The molecule has 1 aliphatic rings. The summed E-state index contributed by atoms with van der Waals surface area (Å²) in [6.07, 6.45) is 1.42. The molecule has 0 spiro atoms. The lowest BCUT2D eigenvalue weighted by molar-refractivity contribution is -0.137. The molecule has 29 heavy (non-hydrogen) atoms. The van der Waals surface area contributed by atoms with E-state index in [2.05, 4.69) is 0 Å². The molecule has 1 saturated heterocycles. The molecule has 1 heterocycles. The summed E-state index contributed by atoms with van der Waals surface area (Å²) in [5.74, 6) is -0.991. The molecule has 0 saturated carbocycles. The molecule has 1 fully saturated rings. The summed E-state index contributed by atoms with van der Waals surface area (Å²) in [6, 6.07) is 6.83. The molecule has 7 nitrogen and oxygen atoms in total. The number of likely N-dealkylation sites (tertiary alicyclic amines) is 1. The molecule has 1 N–H and O–H groups in total. The Balaban J connectivity index is 1.87. The summed E-state index contributed by atoms with van der Waals surface area (Å²) in [6.45, 7) is 8.50. The lowest BCUT2D eigenvalue weighted by atomic mass is 9.92. The summed E-state index contributed by atoms with van der Waals surface area (Å²) in [5, 5.41) is 8.94.